The van der Waals surface area contributed by atoms with Crippen molar-refractivity contribution in [2.24, 2.45) is 98.1 Å². The van der Waals surface area contributed by atoms with E-state index in [1.54, 1.807) is 116 Å². The summed E-state index contributed by atoms with van der Waals surface area (Å²) < 4.78 is 22.4. The van der Waals surface area contributed by atoms with Gasteiger partial charge in [0.2, 0.25) is 0 Å². The van der Waals surface area contributed by atoms with Gasteiger partial charge in [0, 0.05) is 0 Å². The zero-order valence-corrected chi connectivity index (χ0v) is 65.9. The van der Waals surface area contributed by atoms with Crippen LogP contribution < -0.4 is 0 Å². The summed E-state index contributed by atoms with van der Waals surface area (Å²) in [6, 6.07) is 8.88. The van der Waals surface area contributed by atoms with E-state index in [0.29, 0.717) is 38.3 Å². The Morgan fingerprint density at radius 1 is 0.362 bits per heavy atom. The van der Waals surface area contributed by atoms with E-state index in [9.17, 15) is 0 Å². The third kappa shape index (κ3) is 23.6. The van der Waals surface area contributed by atoms with Crippen LogP contribution in [0.1, 0.15) is 410 Å². The molecule has 2 saturated heterocycles. The van der Waals surface area contributed by atoms with Crippen molar-refractivity contribution >= 4 is 0 Å². The van der Waals surface area contributed by atoms with Crippen LogP contribution in [-0.4, -0.2) is 39.0 Å². The average Bonchev–Trinajstić information content (AvgIpc) is 0.949. The lowest BCUT2D eigenvalue weighted by Gasteiger charge is -2.62. The van der Waals surface area contributed by atoms with Gasteiger partial charge in [0.05, 0.1) is 31.8 Å². The Kier molecular flexibility index (Phi) is 34.2. The van der Waals surface area contributed by atoms with Crippen LogP contribution in [0.3, 0.4) is 0 Å². The van der Waals surface area contributed by atoms with Gasteiger partial charge in [-0.25, -0.2) is 0 Å². The first-order chi connectivity index (χ1) is 45.3. The lowest BCUT2D eigenvalue weighted by atomic mass is 9.43. The van der Waals surface area contributed by atoms with Crippen molar-refractivity contribution in [3.05, 3.63) is 35.4 Å². The number of fused-ring (bicyclic) bond motifs is 4. The number of ether oxygens (including phenoxy) is 4. The Balaban J connectivity index is 0.000000153. The van der Waals surface area contributed by atoms with Crippen molar-refractivity contribution in [3.63, 3.8) is 0 Å². The minimum absolute atomic E-state index is 0.0421. The smallest absolute Gasteiger partial charge is 0.157 e. The van der Waals surface area contributed by atoms with Crippen LogP contribution in [0.5, 0.6) is 0 Å². The Morgan fingerprint density at radius 2 is 0.755 bits per heavy atom. The van der Waals surface area contributed by atoms with Crippen LogP contribution in [0, 0.1) is 98.1 Å². The fraction of sp³-hybridized carbons (Fsp3) is 0.933. The second-order valence-electron chi connectivity index (χ2n) is 36.4. The summed E-state index contributed by atoms with van der Waals surface area (Å²) in [6.45, 7) is 39.5. The Labute approximate surface area is 587 Å². The minimum Gasteiger partial charge on any atom is -0.352 e. The maximum Gasteiger partial charge on any atom is 0.157 e. The molecule has 4 nitrogen and oxygen atoms in total. The molecule has 2 spiro atoms. The topological polar surface area (TPSA) is 36.9 Å². The molecule has 8 bridgehead atoms. The normalized spacial score (nSPS) is 38.6. The molecule has 15 rings (SSSR count). The second kappa shape index (κ2) is 40.0. The van der Waals surface area contributed by atoms with Crippen molar-refractivity contribution in [1.82, 2.24) is 0 Å². The van der Waals surface area contributed by atoms with Crippen LogP contribution in [-0.2, 0) is 18.9 Å². The van der Waals surface area contributed by atoms with Crippen molar-refractivity contribution in [2.45, 2.75) is 411 Å². The zero-order chi connectivity index (χ0) is 67.8. The third-order valence-corrected chi connectivity index (χ3v) is 29.8. The molecule has 0 N–H and O–H groups in total. The van der Waals surface area contributed by atoms with Gasteiger partial charge in [-0.15, -0.1) is 0 Å². The predicted octanol–water partition coefficient (Wildman–Crippen LogP) is 28.1. The molecule has 2 aliphatic heterocycles. The Bertz CT molecular complexity index is 1930. The molecular weight excluding hydrogens is 1140 g/mol. The molecular formula is C90H162O4. The van der Waals surface area contributed by atoms with E-state index in [-0.39, 0.29) is 18.0 Å². The van der Waals surface area contributed by atoms with Crippen molar-refractivity contribution in [3.8, 4) is 0 Å². The number of hydrogen-bond donors (Lipinski definition) is 0. The maximum absolute atomic E-state index is 5.61. The summed E-state index contributed by atoms with van der Waals surface area (Å²) in [4.78, 5) is 0. The van der Waals surface area contributed by atoms with Crippen molar-refractivity contribution in [1.29, 1.82) is 0 Å². The highest BCUT2D eigenvalue weighted by Gasteiger charge is 2.56. The Morgan fingerprint density at radius 3 is 1.05 bits per heavy atom. The van der Waals surface area contributed by atoms with E-state index < -0.39 is 0 Å². The maximum atomic E-state index is 5.61. The molecule has 94 heavy (non-hydrogen) atoms. The summed E-state index contributed by atoms with van der Waals surface area (Å²) in [5.41, 5.74) is 6.01. The standard InChI is InChI=1S/C15H28.C14H24.C12H18.C11H20O4.C11H20.2C10H20.C7H12/c1-3-13-5-9-15(10-6-13)11-7-14(4-2)8-12-15;1-3-13-6-11-5-12(7-13)9-14(4-2,8-11)10-13;1-9(2)11-6-5-7-12(8-11)10(3)4;1-3-9-12-5-11(6-13-9)7-14-10(4-2)15-8-11;1-3-8-5-11-7-10(8)6-9(11)4-2;1-3-9-6-5-7-10(4-2)8-9;1-3-10(4-2)8-6-5-7-9-10;1-2-7-4-3-6(1)5-7/h13-14H,3-12H2,1-2H3;11-12H,3-10H2,1-2H3;5-10H,1-4H3;9-10H,3-8H2,1-2H3;8-11H,3-7H2,1-2H3;9-10H,3-8H2,1-2H3;3-9H2,1-2H3;6-7H,1-5H2. The second-order valence-corrected chi connectivity index (χ2v) is 36.4. The molecule has 12 saturated carbocycles. The van der Waals surface area contributed by atoms with Crippen LogP contribution in [0.15, 0.2) is 24.3 Å². The van der Waals surface area contributed by atoms with Crippen LogP contribution in [0.4, 0.5) is 0 Å². The molecule has 1 aromatic rings. The van der Waals surface area contributed by atoms with Gasteiger partial charge < -0.3 is 18.9 Å². The van der Waals surface area contributed by atoms with E-state index in [1.807, 2.05) is 0 Å². The lowest BCUT2D eigenvalue weighted by molar-refractivity contribution is -0.302. The summed E-state index contributed by atoms with van der Waals surface area (Å²) in [5.74, 6) is 14.6. The number of hydrogen-bond acceptors (Lipinski definition) is 4. The van der Waals surface area contributed by atoms with E-state index >= 15 is 0 Å². The van der Waals surface area contributed by atoms with Gasteiger partial charge in [-0.3, -0.25) is 0 Å². The largest absolute Gasteiger partial charge is 0.352 e. The summed E-state index contributed by atoms with van der Waals surface area (Å²) in [7, 11) is 0. The van der Waals surface area contributed by atoms with E-state index in [0.717, 1.165) is 93.7 Å². The minimum atomic E-state index is -0.0721. The predicted molar refractivity (Wildman–Crippen MR) is 407 cm³/mol. The first-order valence-electron chi connectivity index (χ1n) is 42.9. The first-order valence-corrected chi connectivity index (χ1v) is 42.9. The van der Waals surface area contributed by atoms with Gasteiger partial charge in [0.1, 0.15) is 0 Å². The molecule has 2 heterocycles. The van der Waals surface area contributed by atoms with Crippen molar-refractivity contribution in [2.75, 3.05) is 26.4 Å². The molecule has 6 unspecified atom stereocenters. The molecule has 0 aromatic heterocycles. The molecule has 12 aliphatic carbocycles. The number of benzene rings is 1. The summed E-state index contributed by atoms with van der Waals surface area (Å²) >= 11 is 0. The SMILES string of the molecule is C1CC2CCC1C2.CC(C)c1cccc(C(C)C)c1.CCC1(CC)CCCCC1.CCC12CC3CC(C1)CC(CC)(C3)C2.CCC1CC2CC1CC2CC.CCC1CCC2(CC1)CCC(CC)CC2.CCC1CCCC(CC)C1.CCC1OCC2(CO1)COC(CC)OC2. The van der Waals surface area contributed by atoms with Gasteiger partial charge in [0.15, 0.2) is 12.6 Å². The summed E-state index contributed by atoms with van der Waals surface area (Å²) in [5, 5.41) is 0. The van der Waals surface area contributed by atoms with Gasteiger partial charge in [-0.05, 0) is 263 Å². The fourth-order valence-electron chi connectivity index (χ4n) is 22.6. The highest BCUT2D eigenvalue weighted by Crippen LogP contribution is 2.67. The highest BCUT2D eigenvalue weighted by molar-refractivity contribution is 5.27. The molecule has 4 heteroatoms. The van der Waals surface area contributed by atoms with Gasteiger partial charge in [-0.2, -0.15) is 0 Å². The Hall–Kier alpha value is -0.940. The van der Waals surface area contributed by atoms with E-state index in [4.69, 9.17) is 18.9 Å². The monoisotopic (exact) mass is 1310 g/mol. The molecule has 1 aromatic carbocycles. The first kappa shape index (κ1) is 80.4. The van der Waals surface area contributed by atoms with Gasteiger partial charge >= 0.3 is 0 Å². The average molecular weight is 1310 g/mol. The quantitative estimate of drug-likeness (QED) is 0.186. The summed E-state index contributed by atoms with van der Waals surface area (Å²) in [6.07, 6.45) is 63.9. The molecule has 0 radical (unpaired) electrons. The highest BCUT2D eigenvalue weighted by atomic mass is 16.7. The van der Waals surface area contributed by atoms with E-state index in [1.165, 1.54) is 171 Å². The lowest BCUT2D eigenvalue weighted by Crippen LogP contribution is -2.52. The molecule has 6 atom stereocenters. The molecule has 14 aliphatic rings. The van der Waals surface area contributed by atoms with Crippen LogP contribution in [0.25, 0.3) is 0 Å². The zero-order valence-electron chi connectivity index (χ0n) is 65.9. The van der Waals surface area contributed by atoms with E-state index in [2.05, 4.69) is 135 Å². The van der Waals surface area contributed by atoms with Gasteiger partial charge in [0.25, 0.3) is 0 Å². The molecule has 14 fully saturated rings. The third-order valence-electron chi connectivity index (χ3n) is 29.8. The van der Waals surface area contributed by atoms with Crippen molar-refractivity contribution < 1.29 is 18.9 Å². The van der Waals surface area contributed by atoms with Crippen LogP contribution in [0.2, 0.25) is 0 Å². The number of rotatable bonds is 14. The fourth-order valence-corrected chi connectivity index (χ4v) is 22.6. The molecule has 0 amide bonds. The van der Waals surface area contributed by atoms with Crippen LogP contribution >= 0.6 is 0 Å². The molecule has 546 valence electrons. The van der Waals surface area contributed by atoms with Gasteiger partial charge in [-0.1, -0.05) is 263 Å².